The highest BCUT2D eigenvalue weighted by molar-refractivity contribution is 6.10. The lowest BCUT2D eigenvalue weighted by Gasteiger charge is -2.11. The van der Waals surface area contributed by atoms with Crippen LogP contribution in [0, 0.1) is 0 Å². The first-order valence-electron chi connectivity index (χ1n) is 28.8. The van der Waals surface area contributed by atoms with E-state index in [1.165, 1.54) is 109 Å². The number of nitrogens with two attached hydrogens (primary N) is 1. The Bertz CT molecular complexity index is 4460. The molecule has 9 rings (SSSR count). The minimum atomic E-state index is -1.11. The number of rotatable bonds is 26. The molecule has 8 aromatic heterocycles. The number of carbonyl (C=O) groups excluding carboxylic acids is 9. The minimum Gasteiger partial charge on any atom is -0.478 e. The number of amides is 9. The standard InChI is InChI=1S/C61H67N21O12/c1-75-17-16-63-50(75)59(90)71-40-24-47(80(6)31-40)57(88)69-38-22-46(79(5)29-38)56(87)68-37-21-44(77(3)28-37)54(85)65-15-13-42(62)52(83)74-49-33-82(8)51(73-49)60(91)72-41-25-48(81(7)32-41)58(89)70-39-23-45(78(4)30-39)55(86)67-36-20-43(76(2)27-36)53(84)64-14-10-18-94-66-26-34-11-9-12-35(19-34)61(92)93/h9,11-12,16-17,19-33,42H,10,13-15,18,62H2,1-8H3,(H,64,84)(H,65,85)(H,67,86)(H,68,87)(H,69,88)(H,70,89)(H,71,90)(H,72,91)(H,74,83)(H,92,93)/b66-26-/t42-/m1/s1. The van der Waals surface area contributed by atoms with Gasteiger partial charge < -0.3 is 100 Å². The van der Waals surface area contributed by atoms with E-state index in [1.807, 2.05) is 0 Å². The summed E-state index contributed by atoms with van der Waals surface area (Å²) in [6.45, 7) is 0.424. The second-order valence-electron chi connectivity index (χ2n) is 21.7. The monoisotopic (exact) mass is 1290 g/mol. The summed E-state index contributed by atoms with van der Waals surface area (Å²) in [6.07, 6.45) is 15.7. The zero-order chi connectivity index (χ0) is 67.7. The fourth-order valence-electron chi connectivity index (χ4n) is 9.74. The second-order valence-corrected chi connectivity index (χ2v) is 21.7. The third-order valence-corrected chi connectivity index (χ3v) is 14.5. The largest absolute Gasteiger partial charge is 0.478 e. The molecule has 1 aromatic carbocycles. The molecule has 1 atom stereocenters. The van der Waals surface area contributed by atoms with Gasteiger partial charge in [0.15, 0.2) is 11.6 Å². The van der Waals surface area contributed by atoms with Crippen molar-refractivity contribution in [3.05, 3.63) is 173 Å². The lowest BCUT2D eigenvalue weighted by atomic mass is 10.1. The van der Waals surface area contributed by atoms with Crippen LogP contribution in [0.5, 0.6) is 0 Å². The number of aryl methyl sites for hydroxylation is 8. The molecule has 0 bridgehead atoms. The van der Waals surface area contributed by atoms with Gasteiger partial charge in [-0.3, -0.25) is 43.2 Å². The molecule has 9 aromatic rings. The lowest BCUT2D eigenvalue weighted by Crippen LogP contribution is -2.39. The fourth-order valence-corrected chi connectivity index (χ4v) is 9.74. The molecule has 0 unspecified atom stereocenters. The van der Waals surface area contributed by atoms with Crippen LogP contribution in [0.25, 0.3) is 0 Å². The molecule has 33 heteroatoms. The third-order valence-electron chi connectivity index (χ3n) is 14.5. The van der Waals surface area contributed by atoms with Crippen LogP contribution in [-0.2, 0) is 66.0 Å². The van der Waals surface area contributed by atoms with E-state index in [1.54, 1.807) is 106 Å². The number of carbonyl (C=O) groups is 10. The van der Waals surface area contributed by atoms with Crippen molar-refractivity contribution in [2.45, 2.75) is 18.9 Å². The number of oxime groups is 1. The molecular formula is C61H67N21O12. The first-order valence-corrected chi connectivity index (χ1v) is 28.8. The first kappa shape index (κ1) is 65.9. The van der Waals surface area contributed by atoms with Gasteiger partial charge in [0.25, 0.3) is 47.3 Å². The van der Waals surface area contributed by atoms with Crippen LogP contribution in [0.15, 0.2) is 122 Å². The van der Waals surface area contributed by atoms with E-state index >= 15 is 0 Å². The molecule has 8 heterocycles. The maximum Gasteiger partial charge on any atom is 0.335 e. The Morgan fingerprint density at radius 2 is 0.904 bits per heavy atom. The van der Waals surface area contributed by atoms with Gasteiger partial charge in [0, 0.05) is 132 Å². The fraction of sp³-hybridized carbons (Fsp3) is 0.230. The number of anilines is 7. The van der Waals surface area contributed by atoms with E-state index in [-0.39, 0.29) is 94.7 Å². The number of aromatic carboxylic acids is 1. The second kappa shape index (κ2) is 28.5. The third kappa shape index (κ3) is 15.9. The van der Waals surface area contributed by atoms with Gasteiger partial charge in [0.2, 0.25) is 11.7 Å². The van der Waals surface area contributed by atoms with Crippen molar-refractivity contribution >= 4 is 105 Å². The van der Waals surface area contributed by atoms with E-state index in [0.717, 1.165) is 0 Å². The van der Waals surface area contributed by atoms with E-state index < -0.39 is 65.2 Å². The highest BCUT2D eigenvalue weighted by Crippen LogP contribution is 2.23. The molecule has 9 amide bonds. The van der Waals surface area contributed by atoms with Gasteiger partial charge >= 0.3 is 5.97 Å². The van der Waals surface area contributed by atoms with Crippen molar-refractivity contribution in [3.8, 4) is 0 Å². The van der Waals surface area contributed by atoms with Gasteiger partial charge in [-0.25, -0.2) is 14.8 Å². The number of carboxylic acid groups (broad SMARTS) is 1. The summed E-state index contributed by atoms with van der Waals surface area (Å²) < 4.78 is 12.1. The van der Waals surface area contributed by atoms with Gasteiger partial charge in [0.05, 0.1) is 51.9 Å². The molecule has 0 aliphatic heterocycles. The topological polar surface area (TPSA) is 412 Å². The summed E-state index contributed by atoms with van der Waals surface area (Å²) >= 11 is 0. The van der Waals surface area contributed by atoms with Crippen molar-refractivity contribution in [2.24, 2.45) is 67.3 Å². The van der Waals surface area contributed by atoms with Gasteiger partial charge in [0.1, 0.15) is 40.8 Å². The van der Waals surface area contributed by atoms with Gasteiger partial charge in [-0.05, 0) is 60.5 Å². The number of carboxylic acids is 1. The summed E-state index contributed by atoms with van der Waals surface area (Å²) in [4.78, 5) is 144. The van der Waals surface area contributed by atoms with Gasteiger partial charge in [-0.2, -0.15) is 0 Å². The van der Waals surface area contributed by atoms with E-state index in [4.69, 9.17) is 15.7 Å². The van der Waals surface area contributed by atoms with Crippen molar-refractivity contribution in [3.63, 3.8) is 0 Å². The molecule has 0 fully saturated rings. The van der Waals surface area contributed by atoms with Gasteiger partial charge in [-0.1, -0.05) is 17.3 Å². The number of hydrogen-bond acceptors (Lipinski definition) is 15. The molecule has 0 radical (unpaired) electrons. The molecule has 33 nitrogen and oxygen atoms in total. The van der Waals surface area contributed by atoms with Crippen LogP contribution < -0.4 is 53.6 Å². The van der Waals surface area contributed by atoms with Gasteiger partial charge in [-0.15, -0.1) is 0 Å². The number of benzene rings is 1. The Morgan fingerprint density at radius 3 is 1.32 bits per heavy atom. The van der Waals surface area contributed by atoms with Crippen molar-refractivity contribution < 1.29 is 57.9 Å². The highest BCUT2D eigenvalue weighted by atomic mass is 16.6. The van der Waals surface area contributed by atoms with Crippen LogP contribution in [0.3, 0.4) is 0 Å². The SMILES string of the molecule is Cn1cc(NC(=O)c2cc(NC(=O)c3cc(NC(=O)c4nc(NC(=O)[C@H](N)CCNC(=O)c5cc(NC(=O)c6cc(NC(=O)c7cc(NC(=O)c8nccn8C)cn7C)cn6C)cn5C)cn4C)cn3C)cn2C)cc1C(=O)NCCCO/N=C\c1cccc(C(=O)O)c1. The normalized spacial score (nSPS) is 11.4. The van der Waals surface area contributed by atoms with E-state index in [0.29, 0.717) is 34.7 Å². The number of aromatic nitrogens is 10. The predicted octanol–water partition coefficient (Wildman–Crippen LogP) is 3.65. The summed E-state index contributed by atoms with van der Waals surface area (Å²) in [5, 5.41) is 37.6. The number of hydrogen-bond donors (Lipinski definition) is 11. The molecule has 0 aliphatic carbocycles. The summed E-state index contributed by atoms with van der Waals surface area (Å²) in [6, 6.07) is 14.0. The molecule has 0 aliphatic rings. The Balaban J connectivity index is 0.689. The van der Waals surface area contributed by atoms with Crippen LogP contribution in [0.2, 0.25) is 0 Å². The molecule has 0 saturated carbocycles. The van der Waals surface area contributed by atoms with Crippen molar-refractivity contribution in [1.82, 2.24) is 57.1 Å². The predicted molar refractivity (Wildman–Crippen MR) is 344 cm³/mol. The number of nitrogens with zero attached hydrogens (tertiary/aromatic N) is 11. The zero-order valence-electron chi connectivity index (χ0n) is 52.1. The van der Waals surface area contributed by atoms with Crippen LogP contribution in [-0.4, -0.2) is 143 Å². The molecular weight excluding hydrogens is 1220 g/mol. The lowest BCUT2D eigenvalue weighted by molar-refractivity contribution is -0.117. The average Bonchev–Trinajstić information content (AvgIpc) is 1.70. The smallest absolute Gasteiger partial charge is 0.335 e. The molecule has 0 saturated heterocycles. The maximum absolute atomic E-state index is 13.5. The summed E-state index contributed by atoms with van der Waals surface area (Å²) in [5.74, 6) is -5.73. The minimum absolute atomic E-state index is 0.00620. The quantitative estimate of drug-likeness (QED) is 0.0209. The molecule has 488 valence electrons. The zero-order valence-corrected chi connectivity index (χ0v) is 52.1. The van der Waals surface area contributed by atoms with E-state index in [2.05, 4.69) is 63.0 Å². The van der Waals surface area contributed by atoms with Crippen LogP contribution in [0.4, 0.5) is 39.9 Å². The summed E-state index contributed by atoms with van der Waals surface area (Å²) in [7, 11) is 13.0. The van der Waals surface area contributed by atoms with E-state index in [9.17, 15) is 47.9 Å². The Labute approximate surface area is 534 Å². The maximum atomic E-state index is 13.5. The Hall–Kier alpha value is -12.6. The Morgan fingerprint density at radius 1 is 0.500 bits per heavy atom. The van der Waals surface area contributed by atoms with Crippen molar-refractivity contribution in [2.75, 3.05) is 56.9 Å². The first-order chi connectivity index (χ1) is 44.8. The Kier molecular flexibility index (Phi) is 20.0. The number of nitrogens with one attached hydrogen (secondary N) is 9. The number of imidazole rings is 2. The van der Waals surface area contributed by atoms with Crippen molar-refractivity contribution in [1.29, 1.82) is 0 Å². The molecule has 0 spiro atoms. The summed E-state index contributed by atoms with van der Waals surface area (Å²) in [5.41, 5.74) is 9.96. The van der Waals surface area contributed by atoms with Crippen LogP contribution in [0.1, 0.15) is 113 Å². The highest BCUT2D eigenvalue weighted by Gasteiger charge is 2.25. The molecule has 94 heavy (non-hydrogen) atoms. The average molecular weight is 1290 g/mol. The molecule has 12 N–H and O–H groups in total. The van der Waals surface area contributed by atoms with Crippen LogP contribution >= 0.6 is 0 Å².